The van der Waals surface area contributed by atoms with E-state index in [0.29, 0.717) is 6.54 Å². The zero-order valence-corrected chi connectivity index (χ0v) is 13.2. The third kappa shape index (κ3) is 2.27. The number of phenolic OH excluding ortho intramolecular Hbond substituents is 2. The molecule has 0 spiro atoms. The third-order valence-electron chi connectivity index (χ3n) is 4.45. The molecule has 24 heavy (non-hydrogen) atoms. The minimum atomic E-state index is -0.245. The van der Waals surface area contributed by atoms with Gasteiger partial charge in [0.15, 0.2) is 11.5 Å². The number of aromatic hydroxyl groups is 2. The van der Waals surface area contributed by atoms with Crippen LogP contribution in [0.25, 0.3) is 5.65 Å². The number of hydrogen-bond donors (Lipinski definition) is 3. The van der Waals surface area contributed by atoms with Gasteiger partial charge in [-0.1, -0.05) is 12.1 Å². The van der Waals surface area contributed by atoms with Crippen molar-refractivity contribution in [2.75, 3.05) is 0 Å². The lowest BCUT2D eigenvalue weighted by molar-refractivity contribution is -0.121. The van der Waals surface area contributed by atoms with Gasteiger partial charge in [-0.05, 0) is 36.2 Å². The summed E-state index contributed by atoms with van der Waals surface area (Å²) in [6.45, 7) is 2.39. The molecular weight excluding hydrogens is 306 g/mol. The maximum atomic E-state index is 12.1. The predicted octanol–water partition coefficient (Wildman–Crippen LogP) is 2.21. The summed E-state index contributed by atoms with van der Waals surface area (Å²) in [7, 11) is 0. The van der Waals surface area contributed by atoms with Gasteiger partial charge in [0.1, 0.15) is 5.65 Å². The molecule has 0 saturated carbocycles. The molecule has 4 rings (SSSR count). The Kier molecular flexibility index (Phi) is 3.19. The Balaban J connectivity index is 1.96. The van der Waals surface area contributed by atoms with Gasteiger partial charge in [-0.3, -0.25) is 4.79 Å². The van der Waals surface area contributed by atoms with Crippen molar-refractivity contribution in [1.29, 1.82) is 0 Å². The number of benzene rings is 1. The quantitative estimate of drug-likeness (QED) is 0.599. The van der Waals surface area contributed by atoms with Crippen molar-refractivity contribution in [1.82, 2.24) is 14.7 Å². The summed E-state index contributed by atoms with van der Waals surface area (Å²) in [6, 6.07) is 8.65. The van der Waals surface area contributed by atoms with Crippen molar-refractivity contribution in [3.63, 3.8) is 0 Å². The maximum Gasteiger partial charge on any atom is 0.221 e. The topological polar surface area (TPSA) is 86.9 Å². The number of carbonyl (C=O) groups is 1. The first-order valence-electron chi connectivity index (χ1n) is 7.79. The summed E-state index contributed by atoms with van der Waals surface area (Å²) >= 11 is 0. The highest BCUT2D eigenvalue weighted by Gasteiger charge is 2.29. The van der Waals surface area contributed by atoms with Gasteiger partial charge in [-0.25, -0.2) is 4.98 Å². The average Bonchev–Trinajstić information content (AvgIpc) is 2.82. The van der Waals surface area contributed by atoms with E-state index in [-0.39, 0.29) is 29.7 Å². The molecule has 6 heteroatoms. The van der Waals surface area contributed by atoms with Crippen molar-refractivity contribution >= 4 is 11.6 Å². The first-order chi connectivity index (χ1) is 11.5. The number of fused-ring (bicyclic) bond motifs is 3. The minimum absolute atomic E-state index is 0.0630. The molecule has 1 amide bonds. The second-order valence-electron chi connectivity index (χ2n) is 6.16. The van der Waals surface area contributed by atoms with E-state index in [9.17, 15) is 15.0 Å². The molecule has 0 saturated heterocycles. The van der Waals surface area contributed by atoms with E-state index >= 15 is 0 Å². The number of pyridine rings is 1. The zero-order chi connectivity index (χ0) is 16.8. The molecule has 1 atom stereocenters. The van der Waals surface area contributed by atoms with Crippen molar-refractivity contribution in [3.05, 3.63) is 59.0 Å². The smallest absolute Gasteiger partial charge is 0.221 e. The van der Waals surface area contributed by atoms with Crippen molar-refractivity contribution in [3.8, 4) is 11.5 Å². The van der Waals surface area contributed by atoms with E-state index in [2.05, 4.69) is 10.3 Å². The van der Waals surface area contributed by atoms with Gasteiger partial charge in [0.05, 0.1) is 17.9 Å². The van der Waals surface area contributed by atoms with Crippen LogP contribution in [0.3, 0.4) is 0 Å². The monoisotopic (exact) mass is 323 g/mol. The van der Waals surface area contributed by atoms with E-state index in [0.717, 1.165) is 28.2 Å². The molecule has 2 aromatic heterocycles. The Bertz CT molecular complexity index is 962. The molecule has 1 aromatic carbocycles. The normalized spacial score (nSPS) is 17.4. The maximum absolute atomic E-state index is 12.1. The van der Waals surface area contributed by atoms with Crippen LogP contribution in [0.15, 0.2) is 36.5 Å². The molecule has 122 valence electrons. The fourth-order valence-corrected chi connectivity index (χ4v) is 3.29. The van der Waals surface area contributed by atoms with E-state index in [1.54, 1.807) is 6.07 Å². The van der Waals surface area contributed by atoms with Crippen LogP contribution in [0.4, 0.5) is 0 Å². The number of aromatic nitrogens is 2. The Labute approximate surface area is 138 Å². The van der Waals surface area contributed by atoms with Crippen LogP contribution in [-0.2, 0) is 11.3 Å². The van der Waals surface area contributed by atoms with Crippen LogP contribution in [-0.4, -0.2) is 25.5 Å². The lowest BCUT2D eigenvalue weighted by Gasteiger charge is -2.16. The summed E-state index contributed by atoms with van der Waals surface area (Å²) in [4.78, 5) is 16.8. The Morgan fingerprint density at radius 2 is 2.04 bits per heavy atom. The van der Waals surface area contributed by atoms with Crippen LogP contribution in [0.1, 0.15) is 34.9 Å². The summed E-state index contributed by atoms with van der Waals surface area (Å²) < 4.78 is 2.01. The number of carbonyl (C=O) groups excluding carboxylic acids is 1. The molecule has 3 N–H and O–H groups in total. The standard InChI is InChI=1S/C18H17N3O3/c1-10-2-5-16-20-13-8-19-17(24)7-12(18(13)21(16)9-10)11-3-4-14(22)15(23)6-11/h2-6,9,12,22-23H,7-8H2,1H3,(H,19,24). The van der Waals surface area contributed by atoms with Gasteiger partial charge in [-0.15, -0.1) is 0 Å². The van der Waals surface area contributed by atoms with Gasteiger partial charge in [0.2, 0.25) is 5.91 Å². The summed E-state index contributed by atoms with van der Waals surface area (Å²) in [5.41, 5.74) is 4.46. The summed E-state index contributed by atoms with van der Waals surface area (Å²) in [5.74, 6) is -0.674. The number of phenols is 2. The number of imidazole rings is 1. The van der Waals surface area contributed by atoms with Crippen LogP contribution >= 0.6 is 0 Å². The van der Waals surface area contributed by atoms with E-state index in [4.69, 9.17) is 0 Å². The number of rotatable bonds is 1. The lowest BCUT2D eigenvalue weighted by Crippen LogP contribution is -2.21. The lowest BCUT2D eigenvalue weighted by atomic mass is 9.91. The number of aryl methyl sites for hydroxylation is 1. The first-order valence-corrected chi connectivity index (χ1v) is 7.79. The number of nitrogens with one attached hydrogen (secondary N) is 1. The van der Waals surface area contributed by atoms with Gasteiger partial charge in [0.25, 0.3) is 0 Å². The zero-order valence-electron chi connectivity index (χ0n) is 13.2. The average molecular weight is 323 g/mol. The highest BCUT2D eigenvalue weighted by Crippen LogP contribution is 2.36. The number of nitrogens with zero attached hydrogens (tertiary/aromatic N) is 2. The Hall–Kier alpha value is -3.02. The first kappa shape index (κ1) is 14.6. The van der Waals surface area contributed by atoms with Crippen molar-refractivity contribution < 1.29 is 15.0 Å². The number of amides is 1. The molecule has 3 heterocycles. The molecule has 0 fully saturated rings. The summed E-state index contributed by atoms with van der Waals surface area (Å²) in [6.07, 6.45) is 2.27. The molecule has 1 aliphatic rings. The number of hydrogen-bond acceptors (Lipinski definition) is 4. The van der Waals surface area contributed by atoms with Crippen LogP contribution < -0.4 is 5.32 Å². The second kappa shape index (κ2) is 5.26. The van der Waals surface area contributed by atoms with Gasteiger partial charge < -0.3 is 19.9 Å². The van der Waals surface area contributed by atoms with Gasteiger partial charge in [0, 0.05) is 18.5 Å². The molecule has 6 nitrogen and oxygen atoms in total. The second-order valence-corrected chi connectivity index (χ2v) is 6.16. The fourth-order valence-electron chi connectivity index (χ4n) is 3.29. The Morgan fingerprint density at radius 1 is 1.21 bits per heavy atom. The van der Waals surface area contributed by atoms with Crippen LogP contribution in [0.2, 0.25) is 0 Å². The largest absolute Gasteiger partial charge is 0.504 e. The van der Waals surface area contributed by atoms with Gasteiger partial charge in [-0.2, -0.15) is 0 Å². The fraction of sp³-hybridized carbons (Fsp3) is 0.222. The SMILES string of the molecule is Cc1ccc2nc3c(n2c1)C(c1ccc(O)c(O)c1)CC(=O)NC3. The molecule has 1 aliphatic heterocycles. The predicted molar refractivity (Wildman–Crippen MR) is 88.0 cm³/mol. The van der Waals surface area contributed by atoms with E-state index in [1.807, 2.05) is 29.7 Å². The van der Waals surface area contributed by atoms with Crippen LogP contribution in [0.5, 0.6) is 11.5 Å². The van der Waals surface area contributed by atoms with E-state index in [1.165, 1.54) is 12.1 Å². The molecule has 0 bridgehead atoms. The highest BCUT2D eigenvalue weighted by atomic mass is 16.3. The Morgan fingerprint density at radius 3 is 2.83 bits per heavy atom. The van der Waals surface area contributed by atoms with Crippen molar-refractivity contribution in [2.24, 2.45) is 0 Å². The highest BCUT2D eigenvalue weighted by molar-refractivity contribution is 5.78. The molecule has 0 radical (unpaired) electrons. The van der Waals surface area contributed by atoms with Gasteiger partial charge >= 0.3 is 0 Å². The van der Waals surface area contributed by atoms with Crippen LogP contribution in [0, 0.1) is 6.92 Å². The molecular formula is C18H17N3O3. The van der Waals surface area contributed by atoms with Crippen molar-refractivity contribution in [2.45, 2.75) is 25.8 Å². The molecule has 0 aliphatic carbocycles. The third-order valence-corrected chi connectivity index (χ3v) is 4.45. The molecule has 3 aromatic rings. The molecule has 1 unspecified atom stereocenters. The minimum Gasteiger partial charge on any atom is -0.504 e. The van der Waals surface area contributed by atoms with E-state index < -0.39 is 0 Å². The summed E-state index contributed by atoms with van der Waals surface area (Å²) in [5, 5.41) is 22.3.